The van der Waals surface area contributed by atoms with Gasteiger partial charge in [-0.25, -0.2) is 8.42 Å². The maximum Gasteiger partial charge on any atom is 0.257 e. The molecule has 0 N–H and O–H groups in total. The first kappa shape index (κ1) is 17.0. The van der Waals surface area contributed by atoms with E-state index in [4.69, 9.17) is 4.74 Å². The number of rotatable bonds is 2. The molecule has 0 radical (unpaired) electrons. The summed E-state index contributed by atoms with van der Waals surface area (Å²) >= 11 is 0. The number of hydrogen-bond acceptors (Lipinski definition) is 5. The summed E-state index contributed by atoms with van der Waals surface area (Å²) in [7, 11) is 0.197. The van der Waals surface area contributed by atoms with Crippen molar-refractivity contribution in [2.45, 2.75) is 12.1 Å². The molecule has 1 amide bonds. The summed E-state index contributed by atoms with van der Waals surface area (Å²) in [6.45, 7) is 0.479. The van der Waals surface area contributed by atoms with Gasteiger partial charge < -0.3 is 9.64 Å². The van der Waals surface area contributed by atoms with Gasteiger partial charge in [0.1, 0.15) is 11.9 Å². The Morgan fingerprint density at radius 3 is 2.62 bits per heavy atom. The van der Waals surface area contributed by atoms with E-state index in [9.17, 15) is 13.2 Å². The third-order valence-corrected chi connectivity index (χ3v) is 6.26. The van der Waals surface area contributed by atoms with Crippen molar-refractivity contribution in [2.24, 2.45) is 7.05 Å². The van der Waals surface area contributed by atoms with Gasteiger partial charge >= 0.3 is 0 Å². The summed E-state index contributed by atoms with van der Waals surface area (Å²) in [4.78, 5) is 14.4. The molecule has 26 heavy (non-hydrogen) atoms. The molecule has 3 heterocycles. The van der Waals surface area contributed by atoms with Gasteiger partial charge in [-0.3, -0.25) is 9.48 Å². The first-order chi connectivity index (χ1) is 12.2. The average Bonchev–Trinajstić information content (AvgIpc) is 3.18. The van der Waals surface area contributed by atoms with E-state index in [-0.39, 0.29) is 25.0 Å². The molecule has 1 fully saturated rings. The Labute approximate surface area is 152 Å². The zero-order valence-corrected chi connectivity index (χ0v) is 15.6. The van der Waals surface area contributed by atoms with E-state index >= 15 is 0 Å². The van der Waals surface area contributed by atoms with E-state index in [1.165, 1.54) is 10.6 Å². The Morgan fingerprint density at radius 2 is 1.96 bits per heavy atom. The molecule has 8 nitrogen and oxygen atoms in total. The molecule has 2 atom stereocenters. The molecule has 2 aliphatic rings. The van der Waals surface area contributed by atoms with Gasteiger partial charge in [-0.15, -0.1) is 0 Å². The van der Waals surface area contributed by atoms with Gasteiger partial charge in [0.15, 0.2) is 0 Å². The highest BCUT2D eigenvalue weighted by Crippen LogP contribution is 2.34. The largest absolute Gasteiger partial charge is 0.486 e. The van der Waals surface area contributed by atoms with Gasteiger partial charge in [-0.05, 0) is 17.7 Å². The number of carbonyl (C=O) groups is 1. The van der Waals surface area contributed by atoms with Crippen LogP contribution in [0.4, 0.5) is 0 Å². The van der Waals surface area contributed by atoms with Gasteiger partial charge in [0.2, 0.25) is 10.0 Å². The number of aryl methyl sites for hydroxylation is 1. The zero-order valence-electron chi connectivity index (χ0n) is 14.8. The quantitative estimate of drug-likeness (QED) is 0.765. The predicted octanol–water partition coefficient (Wildman–Crippen LogP) is 0.564. The number of hydrogen-bond donors (Lipinski definition) is 0. The second-order valence-electron chi connectivity index (χ2n) is 6.83. The standard InChI is InChI=1S/C17H20N4O4S/c1-19-8-12(7-18-19)11-4-5-13-15(6-11)25-16-10-21(26(3,23)24)9-14(16)20(2)17(13)22/h4-8,14,16H,9-10H2,1-3H3. The van der Waals surface area contributed by atoms with Crippen molar-refractivity contribution in [3.8, 4) is 16.9 Å². The molecule has 1 aromatic carbocycles. The number of ether oxygens (including phenoxy) is 1. The first-order valence-corrected chi connectivity index (χ1v) is 10.1. The zero-order chi connectivity index (χ0) is 18.6. The van der Waals surface area contributed by atoms with E-state index in [2.05, 4.69) is 5.10 Å². The van der Waals surface area contributed by atoms with Crippen LogP contribution in [0.3, 0.4) is 0 Å². The summed E-state index contributed by atoms with van der Waals surface area (Å²) in [5.41, 5.74) is 2.30. The molecule has 138 valence electrons. The number of likely N-dealkylation sites (N-methyl/N-ethyl adjacent to an activating group) is 1. The van der Waals surface area contributed by atoms with E-state index in [1.54, 1.807) is 28.9 Å². The highest BCUT2D eigenvalue weighted by atomic mass is 32.2. The monoisotopic (exact) mass is 376 g/mol. The fraction of sp³-hybridized carbons (Fsp3) is 0.412. The first-order valence-electron chi connectivity index (χ1n) is 8.26. The molecule has 2 unspecified atom stereocenters. The summed E-state index contributed by atoms with van der Waals surface area (Å²) < 4.78 is 33.0. The number of benzene rings is 1. The van der Waals surface area contributed by atoms with Gasteiger partial charge in [0.05, 0.1) is 30.6 Å². The number of carbonyl (C=O) groups excluding carboxylic acids is 1. The van der Waals surface area contributed by atoms with E-state index < -0.39 is 16.1 Å². The molecule has 0 bridgehead atoms. The summed E-state index contributed by atoms with van der Waals surface area (Å²) in [5.74, 6) is 0.312. The van der Waals surface area contributed by atoms with E-state index in [0.29, 0.717) is 11.3 Å². The Morgan fingerprint density at radius 1 is 1.19 bits per heavy atom. The summed E-state index contributed by atoms with van der Waals surface area (Å²) in [6, 6.07) is 5.14. The van der Waals surface area contributed by atoms with Crippen LogP contribution < -0.4 is 4.74 Å². The lowest BCUT2D eigenvalue weighted by molar-refractivity contribution is 0.0683. The average molecular weight is 376 g/mol. The second kappa shape index (κ2) is 5.82. The van der Waals surface area contributed by atoms with Crippen LogP contribution in [0.15, 0.2) is 30.6 Å². The Balaban J connectivity index is 1.73. The van der Waals surface area contributed by atoms with Crippen LogP contribution in [0.2, 0.25) is 0 Å². The Kier molecular flexibility index (Phi) is 3.81. The molecule has 2 aliphatic heterocycles. The maximum absolute atomic E-state index is 12.8. The highest BCUT2D eigenvalue weighted by Gasteiger charge is 2.44. The maximum atomic E-state index is 12.8. The molecule has 4 rings (SSSR count). The van der Waals surface area contributed by atoms with Crippen molar-refractivity contribution in [3.05, 3.63) is 36.2 Å². The van der Waals surface area contributed by atoms with Crippen molar-refractivity contribution in [1.29, 1.82) is 0 Å². The molecule has 9 heteroatoms. The molecule has 1 saturated heterocycles. The van der Waals surface area contributed by atoms with Crippen molar-refractivity contribution in [3.63, 3.8) is 0 Å². The summed E-state index contributed by atoms with van der Waals surface area (Å²) in [6.07, 6.45) is 4.41. The molecule has 0 spiro atoms. The molecule has 2 aromatic rings. The molecule has 0 aliphatic carbocycles. The molecular formula is C17H20N4O4S. The number of aromatic nitrogens is 2. The van der Waals surface area contributed by atoms with Crippen LogP contribution in [-0.2, 0) is 17.1 Å². The van der Waals surface area contributed by atoms with Crippen LogP contribution in [-0.4, -0.2) is 71.8 Å². The van der Waals surface area contributed by atoms with Crippen LogP contribution >= 0.6 is 0 Å². The van der Waals surface area contributed by atoms with Crippen molar-refractivity contribution < 1.29 is 17.9 Å². The minimum absolute atomic E-state index is 0.166. The van der Waals surface area contributed by atoms with Crippen LogP contribution in [0, 0.1) is 0 Å². The summed E-state index contributed by atoms with van der Waals surface area (Å²) in [5, 5.41) is 4.17. The van der Waals surface area contributed by atoms with E-state index in [0.717, 1.165) is 11.1 Å². The molecule has 0 saturated carbocycles. The molecular weight excluding hydrogens is 356 g/mol. The topological polar surface area (TPSA) is 84.7 Å². The lowest BCUT2D eigenvalue weighted by Gasteiger charge is -2.25. The van der Waals surface area contributed by atoms with Crippen molar-refractivity contribution >= 4 is 15.9 Å². The Bertz CT molecular complexity index is 984. The number of nitrogens with zero attached hydrogens (tertiary/aromatic N) is 4. The van der Waals surface area contributed by atoms with Crippen LogP contribution in [0.5, 0.6) is 5.75 Å². The fourth-order valence-corrected chi connectivity index (χ4v) is 4.37. The van der Waals surface area contributed by atoms with Gasteiger partial charge in [-0.2, -0.15) is 9.40 Å². The highest BCUT2D eigenvalue weighted by molar-refractivity contribution is 7.88. The third kappa shape index (κ3) is 2.77. The lowest BCUT2D eigenvalue weighted by atomic mass is 10.1. The van der Waals surface area contributed by atoms with Gasteiger partial charge in [-0.1, -0.05) is 6.07 Å². The lowest BCUT2D eigenvalue weighted by Crippen LogP contribution is -2.44. The third-order valence-electron chi connectivity index (χ3n) is 5.02. The van der Waals surface area contributed by atoms with Crippen LogP contribution in [0.25, 0.3) is 11.1 Å². The van der Waals surface area contributed by atoms with Crippen LogP contribution in [0.1, 0.15) is 10.4 Å². The fourth-order valence-electron chi connectivity index (χ4n) is 3.53. The number of sulfonamides is 1. The molecule has 1 aromatic heterocycles. The predicted molar refractivity (Wildman–Crippen MR) is 95.4 cm³/mol. The number of fused-ring (bicyclic) bond motifs is 2. The van der Waals surface area contributed by atoms with Crippen molar-refractivity contribution in [1.82, 2.24) is 19.0 Å². The minimum Gasteiger partial charge on any atom is -0.486 e. The smallest absolute Gasteiger partial charge is 0.257 e. The second-order valence-corrected chi connectivity index (χ2v) is 8.82. The van der Waals surface area contributed by atoms with Gasteiger partial charge in [0, 0.05) is 32.4 Å². The van der Waals surface area contributed by atoms with E-state index in [1.807, 2.05) is 25.4 Å². The SMILES string of the molecule is CN1C(=O)c2ccc(-c3cnn(C)c3)cc2OC2CN(S(C)(=O)=O)CC21. The Hall–Kier alpha value is -2.39. The number of amides is 1. The van der Waals surface area contributed by atoms with Gasteiger partial charge in [0.25, 0.3) is 5.91 Å². The normalized spacial score (nSPS) is 23.3. The van der Waals surface area contributed by atoms with Crippen molar-refractivity contribution in [2.75, 3.05) is 26.4 Å². The minimum atomic E-state index is -3.34.